The van der Waals surface area contributed by atoms with Crippen molar-refractivity contribution in [2.45, 2.75) is 37.0 Å². The van der Waals surface area contributed by atoms with Crippen LogP contribution in [0.5, 0.6) is 0 Å². The molecule has 0 fully saturated rings. The number of rotatable bonds is 6. The SMILES string of the molecule is CC[C@H](C)NC(=O)Nc1cccc(C[S@](=O)c2ccccc2)c1. The second-order valence-corrected chi connectivity index (χ2v) is 6.86. The fourth-order valence-electron chi connectivity index (χ4n) is 2.04. The van der Waals surface area contributed by atoms with Gasteiger partial charge in [0.1, 0.15) is 0 Å². The van der Waals surface area contributed by atoms with Gasteiger partial charge < -0.3 is 10.6 Å². The number of nitrogens with one attached hydrogen (secondary N) is 2. The van der Waals surface area contributed by atoms with E-state index in [1.807, 2.05) is 68.4 Å². The summed E-state index contributed by atoms with van der Waals surface area (Å²) in [6.45, 7) is 3.98. The molecule has 4 nitrogen and oxygen atoms in total. The van der Waals surface area contributed by atoms with E-state index in [1.54, 1.807) is 0 Å². The molecule has 0 spiro atoms. The van der Waals surface area contributed by atoms with Gasteiger partial charge in [-0.25, -0.2) is 4.79 Å². The second-order valence-electron chi connectivity index (χ2n) is 5.41. The van der Waals surface area contributed by atoms with E-state index in [1.165, 1.54) is 0 Å². The first kappa shape index (κ1) is 17.2. The molecule has 5 heteroatoms. The topological polar surface area (TPSA) is 58.2 Å². The first-order valence-electron chi connectivity index (χ1n) is 7.68. The largest absolute Gasteiger partial charge is 0.335 e. The normalized spacial score (nSPS) is 13.1. The van der Waals surface area contributed by atoms with Crippen molar-refractivity contribution in [3.8, 4) is 0 Å². The van der Waals surface area contributed by atoms with Gasteiger partial charge in [0.2, 0.25) is 0 Å². The van der Waals surface area contributed by atoms with E-state index in [0.717, 1.165) is 16.9 Å². The molecule has 0 aliphatic heterocycles. The van der Waals surface area contributed by atoms with Gasteiger partial charge in [0.25, 0.3) is 0 Å². The second kappa shape index (κ2) is 8.48. The van der Waals surface area contributed by atoms with E-state index < -0.39 is 10.8 Å². The molecule has 2 rings (SSSR count). The van der Waals surface area contributed by atoms with Crippen LogP contribution >= 0.6 is 0 Å². The van der Waals surface area contributed by atoms with E-state index in [9.17, 15) is 9.00 Å². The van der Waals surface area contributed by atoms with Gasteiger partial charge >= 0.3 is 6.03 Å². The summed E-state index contributed by atoms with van der Waals surface area (Å²) in [6.07, 6.45) is 0.878. The van der Waals surface area contributed by atoms with Gasteiger partial charge in [-0.15, -0.1) is 0 Å². The quantitative estimate of drug-likeness (QED) is 0.843. The van der Waals surface area contributed by atoms with Crippen LogP contribution in [0.3, 0.4) is 0 Å². The molecule has 23 heavy (non-hydrogen) atoms. The molecule has 0 aliphatic rings. The monoisotopic (exact) mass is 330 g/mol. The van der Waals surface area contributed by atoms with Crippen LogP contribution in [0.25, 0.3) is 0 Å². The molecular weight excluding hydrogens is 308 g/mol. The standard InChI is InChI=1S/C18H22N2O2S/c1-3-14(2)19-18(21)20-16-9-7-8-15(12-16)13-23(22)17-10-5-4-6-11-17/h4-12,14H,3,13H2,1-2H3,(H2,19,20,21)/t14-,23-/m0/s1. The molecule has 0 aromatic heterocycles. The summed E-state index contributed by atoms with van der Waals surface area (Å²) < 4.78 is 12.3. The maximum Gasteiger partial charge on any atom is 0.319 e. The van der Waals surface area contributed by atoms with Crippen molar-refractivity contribution in [3.63, 3.8) is 0 Å². The fraction of sp³-hybridized carbons (Fsp3) is 0.278. The van der Waals surface area contributed by atoms with E-state index >= 15 is 0 Å². The van der Waals surface area contributed by atoms with Crippen LogP contribution < -0.4 is 10.6 Å². The molecule has 0 bridgehead atoms. The van der Waals surface area contributed by atoms with Crippen LogP contribution in [0, 0.1) is 0 Å². The Balaban J connectivity index is 2.00. The van der Waals surface area contributed by atoms with Crippen LogP contribution in [0.1, 0.15) is 25.8 Å². The van der Waals surface area contributed by atoms with Gasteiger partial charge in [0.05, 0.1) is 16.6 Å². The Morgan fingerprint density at radius 1 is 1.13 bits per heavy atom. The van der Waals surface area contributed by atoms with Gasteiger partial charge in [-0.2, -0.15) is 0 Å². The van der Waals surface area contributed by atoms with Crippen LogP contribution in [-0.2, 0) is 16.6 Å². The Morgan fingerprint density at radius 3 is 2.57 bits per heavy atom. The number of urea groups is 1. The summed E-state index contributed by atoms with van der Waals surface area (Å²) in [5.74, 6) is 0.423. The third-order valence-electron chi connectivity index (χ3n) is 3.48. The van der Waals surface area contributed by atoms with Crippen molar-refractivity contribution >= 4 is 22.5 Å². The molecule has 0 aliphatic carbocycles. The zero-order valence-electron chi connectivity index (χ0n) is 13.4. The molecule has 0 saturated heterocycles. The first-order chi connectivity index (χ1) is 11.1. The predicted octanol–water partition coefficient (Wildman–Crippen LogP) is 3.91. The molecular formula is C18H22N2O2S. The van der Waals surface area contributed by atoms with Crippen LogP contribution in [0.2, 0.25) is 0 Å². The molecule has 2 N–H and O–H groups in total. The minimum absolute atomic E-state index is 0.128. The summed E-state index contributed by atoms with van der Waals surface area (Å²) in [6, 6.07) is 16.7. The lowest BCUT2D eigenvalue weighted by molar-refractivity contribution is 0.249. The summed E-state index contributed by atoms with van der Waals surface area (Å²) in [5.41, 5.74) is 1.63. The molecule has 2 aromatic rings. The number of benzene rings is 2. The lowest BCUT2D eigenvalue weighted by Gasteiger charge is -2.13. The Kier molecular flexibility index (Phi) is 6.35. The van der Waals surface area contributed by atoms with E-state index in [2.05, 4.69) is 10.6 Å². The number of hydrogen-bond acceptors (Lipinski definition) is 2. The zero-order chi connectivity index (χ0) is 16.7. The summed E-state index contributed by atoms with van der Waals surface area (Å²) >= 11 is 0. The van der Waals surface area contributed by atoms with Crippen molar-refractivity contribution in [3.05, 3.63) is 60.2 Å². The van der Waals surface area contributed by atoms with Crippen LogP contribution in [-0.4, -0.2) is 16.3 Å². The summed E-state index contributed by atoms with van der Waals surface area (Å²) in [4.78, 5) is 12.7. The molecule has 0 saturated carbocycles. The Bertz CT molecular complexity index is 674. The minimum Gasteiger partial charge on any atom is -0.335 e. The number of carbonyl (C=O) groups excluding carboxylic acids is 1. The number of anilines is 1. The maximum absolute atomic E-state index is 12.3. The van der Waals surface area contributed by atoms with Crippen molar-refractivity contribution in [1.29, 1.82) is 0 Å². The maximum atomic E-state index is 12.3. The molecule has 2 aromatic carbocycles. The van der Waals surface area contributed by atoms with Crippen LogP contribution in [0.15, 0.2) is 59.5 Å². The number of hydrogen-bond donors (Lipinski definition) is 2. The Hall–Kier alpha value is -2.14. The third kappa shape index (κ3) is 5.53. The fourth-order valence-corrected chi connectivity index (χ4v) is 3.15. The number of amides is 2. The average molecular weight is 330 g/mol. The smallest absolute Gasteiger partial charge is 0.319 e. The summed E-state index contributed by atoms with van der Waals surface area (Å²) in [5, 5.41) is 5.67. The number of carbonyl (C=O) groups is 1. The molecule has 0 radical (unpaired) electrons. The molecule has 2 amide bonds. The minimum atomic E-state index is -1.09. The third-order valence-corrected chi connectivity index (χ3v) is 4.87. The van der Waals surface area contributed by atoms with Gasteiger partial charge in [-0.3, -0.25) is 4.21 Å². The highest BCUT2D eigenvalue weighted by molar-refractivity contribution is 7.84. The first-order valence-corrected chi connectivity index (χ1v) is 9.00. The Labute approximate surface area is 139 Å². The molecule has 0 unspecified atom stereocenters. The van der Waals surface area contributed by atoms with Gasteiger partial charge in [0.15, 0.2) is 0 Å². The lowest BCUT2D eigenvalue weighted by Crippen LogP contribution is -2.35. The highest BCUT2D eigenvalue weighted by Crippen LogP contribution is 2.16. The van der Waals surface area contributed by atoms with Crippen molar-refractivity contribution in [2.24, 2.45) is 0 Å². The molecule has 122 valence electrons. The lowest BCUT2D eigenvalue weighted by atomic mass is 10.2. The van der Waals surface area contributed by atoms with Gasteiger partial charge in [-0.1, -0.05) is 37.3 Å². The van der Waals surface area contributed by atoms with E-state index in [0.29, 0.717) is 11.4 Å². The zero-order valence-corrected chi connectivity index (χ0v) is 14.2. The van der Waals surface area contributed by atoms with Gasteiger partial charge in [0, 0.05) is 16.6 Å². The van der Waals surface area contributed by atoms with Gasteiger partial charge in [-0.05, 0) is 43.2 Å². The molecule has 0 heterocycles. The van der Waals surface area contributed by atoms with E-state index in [4.69, 9.17) is 0 Å². The predicted molar refractivity (Wildman–Crippen MR) is 94.9 cm³/mol. The average Bonchev–Trinajstić information content (AvgIpc) is 2.55. The highest BCUT2D eigenvalue weighted by atomic mass is 32.2. The van der Waals surface area contributed by atoms with Crippen molar-refractivity contribution < 1.29 is 9.00 Å². The highest BCUT2D eigenvalue weighted by Gasteiger charge is 2.08. The molecule has 2 atom stereocenters. The van der Waals surface area contributed by atoms with Crippen LogP contribution in [0.4, 0.5) is 10.5 Å². The summed E-state index contributed by atoms with van der Waals surface area (Å²) in [7, 11) is -1.09. The van der Waals surface area contributed by atoms with Crippen molar-refractivity contribution in [1.82, 2.24) is 5.32 Å². The Morgan fingerprint density at radius 2 is 1.87 bits per heavy atom. The van der Waals surface area contributed by atoms with Crippen molar-refractivity contribution in [2.75, 3.05) is 5.32 Å². The van der Waals surface area contributed by atoms with E-state index in [-0.39, 0.29) is 12.1 Å².